The average molecular weight is 315 g/mol. The standard InChI is InChI=1S/C19H22FNO2/c1-19(2,3)15-6-4-14(5-7-15)18(22)21-12-13-23-17-10-8-16(20)9-11-17/h4-11H,12-13H2,1-3H3,(H,21,22). The highest BCUT2D eigenvalue weighted by Crippen LogP contribution is 2.22. The van der Waals surface area contributed by atoms with E-state index >= 15 is 0 Å². The van der Waals surface area contributed by atoms with Crippen LogP contribution in [0.3, 0.4) is 0 Å². The second-order valence-corrected chi connectivity index (χ2v) is 6.39. The normalized spacial score (nSPS) is 11.1. The summed E-state index contributed by atoms with van der Waals surface area (Å²) >= 11 is 0. The first-order valence-corrected chi connectivity index (χ1v) is 7.63. The number of ether oxygens (including phenoxy) is 1. The van der Waals surface area contributed by atoms with Crippen LogP contribution < -0.4 is 10.1 Å². The summed E-state index contributed by atoms with van der Waals surface area (Å²) in [7, 11) is 0. The summed E-state index contributed by atoms with van der Waals surface area (Å²) in [5.41, 5.74) is 1.88. The topological polar surface area (TPSA) is 38.3 Å². The molecule has 0 heterocycles. The number of benzene rings is 2. The number of rotatable bonds is 5. The van der Waals surface area contributed by atoms with Crippen molar-refractivity contribution in [2.45, 2.75) is 26.2 Å². The first-order valence-electron chi connectivity index (χ1n) is 7.63. The maximum absolute atomic E-state index is 12.8. The number of carbonyl (C=O) groups is 1. The summed E-state index contributed by atoms with van der Waals surface area (Å²) < 4.78 is 18.2. The molecule has 0 unspecified atom stereocenters. The molecule has 0 aromatic heterocycles. The third-order valence-corrected chi connectivity index (χ3v) is 3.48. The highest BCUT2D eigenvalue weighted by atomic mass is 19.1. The van der Waals surface area contributed by atoms with Gasteiger partial charge in [-0.05, 0) is 47.4 Å². The minimum Gasteiger partial charge on any atom is -0.492 e. The Balaban J connectivity index is 1.79. The number of hydrogen-bond donors (Lipinski definition) is 1. The molecule has 2 aromatic rings. The van der Waals surface area contributed by atoms with E-state index in [4.69, 9.17) is 4.74 Å². The van der Waals surface area contributed by atoms with Crippen molar-refractivity contribution < 1.29 is 13.9 Å². The Hall–Kier alpha value is -2.36. The lowest BCUT2D eigenvalue weighted by molar-refractivity contribution is 0.0947. The van der Waals surface area contributed by atoms with Gasteiger partial charge in [0.2, 0.25) is 0 Å². The number of amides is 1. The molecule has 1 amide bonds. The molecule has 0 atom stereocenters. The Morgan fingerprint density at radius 1 is 1.04 bits per heavy atom. The fourth-order valence-electron chi connectivity index (χ4n) is 2.09. The Morgan fingerprint density at radius 3 is 2.22 bits per heavy atom. The summed E-state index contributed by atoms with van der Waals surface area (Å²) in [6, 6.07) is 13.4. The summed E-state index contributed by atoms with van der Waals surface area (Å²) in [6.07, 6.45) is 0. The molecular formula is C19H22FNO2. The molecule has 0 aliphatic rings. The van der Waals surface area contributed by atoms with Crippen LogP contribution >= 0.6 is 0 Å². The predicted octanol–water partition coefficient (Wildman–Crippen LogP) is 3.93. The Kier molecular flexibility index (Phi) is 5.37. The van der Waals surface area contributed by atoms with Gasteiger partial charge < -0.3 is 10.1 Å². The van der Waals surface area contributed by atoms with E-state index in [1.54, 1.807) is 12.1 Å². The van der Waals surface area contributed by atoms with Gasteiger partial charge in [-0.2, -0.15) is 0 Å². The van der Waals surface area contributed by atoms with E-state index in [1.807, 2.05) is 24.3 Å². The van der Waals surface area contributed by atoms with Crippen molar-refractivity contribution in [2.75, 3.05) is 13.2 Å². The molecule has 2 aromatic carbocycles. The van der Waals surface area contributed by atoms with Crippen molar-refractivity contribution in [3.63, 3.8) is 0 Å². The maximum atomic E-state index is 12.8. The van der Waals surface area contributed by atoms with Gasteiger partial charge in [-0.15, -0.1) is 0 Å². The van der Waals surface area contributed by atoms with Gasteiger partial charge in [-0.1, -0.05) is 32.9 Å². The van der Waals surface area contributed by atoms with Gasteiger partial charge in [0.25, 0.3) is 5.91 Å². The van der Waals surface area contributed by atoms with Crippen LogP contribution in [0.4, 0.5) is 4.39 Å². The molecule has 0 radical (unpaired) electrons. The van der Waals surface area contributed by atoms with Crippen LogP contribution in [0, 0.1) is 5.82 Å². The molecule has 23 heavy (non-hydrogen) atoms. The lowest BCUT2D eigenvalue weighted by Gasteiger charge is -2.19. The summed E-state index contributed by atoms with van der Waals surface area (Å²) in [6.45, 7) is 7.12. The molecule has 122 valence electrons. The molecule has 0 fully saturated rings. The van der Waals surface area contributed by atoms with Crippen LogP contribution in [0.25, 0.3) is 0 Å². The molecule has 4 heteroatoms. The van der Waals surface area contributed by atoms with E-state index in [0.717, 1.165) is 0 Å². The minimum atomic E-state index is -0.302. The van der Waals surface area contributed by atoms with Crippen LogP contribution in [0.1, 0.15) is 36.7 Å². The van der Waals surface area contributed by atoms with Crippen molar-refractivity contribution in [1.82, 2.24) is 5.32 Å². The third-order valence-electron chi connectivity index (χ3n) is 3.48. The number of halogens is 1. The molecule has 3 nitrogen and oxygen atoms in total. The largest absolute Gasteiger partial charge is 0.492 e. The van der Waals surface area contributed by atoms with Crippen LogP contribution in [-0.2, 0) is 5.41 Å². The quantitative estimate of drug-likeness (QED) is 0.849. The van der Waals surface area contributed by atoms with Crippen LogP contribution in [0.15, 0.2) is 48.5 Å². The van der Waals surface area contributed by atoms with Gasteiger partial charge in [0.1, 0.15) is 18.2 Å². The molecule has 2 rings (SSSR count). The van der Waals surface area contributed by atoms with E-state index in [9.17, 15) is 9.18 Å². The SMILES string of the molecule is CC(C)(C)c1ccc(C(=O)NCCOc2ccc(F)cc2)cc1. The van der Waals surface area contributed by atoms with Crippen molar-refractivity contribution >= 4 is 5.91 Å². The van der Waals surface area contributed by atoms with Crippen LogP contribution in [0.2, 0.25) is 0 Å². The first kappa shape index (κ1) is 17.0. The highest BCUT2D eigenvalue weighted by molar-refractivity contribution is 5.94. The molecule has 1 N–H and O–H groups in total. The molecule has 0 aliphatic carbocycles. The van der Waals surface area contributed by atoms with E-state index < -0.39 is 0 Å². The van der Waals surface area contributed by atoms with Gasteiger partial charge in [-0.3, -0.25) is 4.79 Å². The van der Waals surface area contributed by atoms with E-state index in [1.165, 1.54) is 17.7 Å². The number of nitrogens with one attached hydrogen (secondary N) is 1. The summed E-state index contributed by atoms with van der Waals surface area (Å²) in [5, 5.41) is 2.80. The lowest BCUT2D eigenvalue weighted by Crippen LogP contribution is -2.28. The molecule has 0 saturated heterocycles. The zero-order valence-corrected chi connectivity index (χ0v) is 13.7. The monoisotopic (exact) mass is 315 g/mol. The van der Waals surface area contributed by atoms with Crippen LogP contribution in [0.5, 0.6) is 5.75 Å². The third kappa shape index (κ3) is 5.09. The van der Waals surface area contributed by atoms with Gasteiger partial charge in [0.15, 0.2) is 0 Å². The lowest BCUT2D eigenvalue weighted by atomic mass is 9.87. The molecule has 0 spiro atoms. The summed E-state index contributed by atoms with van der Waals surface area (Å²) in [4.78, 5) is 12.0. The van der Waals surface area contributed by atoms with Gasteiger partial charge >= 0.3 is 0 Å². The number of hydrogen-bond acceptors (Lipinski definition) is 2. The van der Waals surface area contributed by atoms with Crippen molar-refractivity contribution in [2.24, 2.45) is 0 Å². The van der Waals surface area contributed by atoms with Crippen molar-refractivity contribution in [3.05, 3.63) is 65.5 Å². The Bertz CT molecular complexity index is 643. The Labute approximate surface area is 136 Å². The first-order chi connectivity index (χ1) is 10.9. The summed E-state index contributed by atoms with van der Waals surface area (Å²) in [5.74, 6) is 0.146. The maximum Gasteiger partial charge on any atom is 0.251 e. The van der Waals surface area contributed by atoms with E-state index in [0.29, 0.717) is 24.5 Å². The zero-order chi connectivity index (χ0) is 16.9. The molecular weight excluding hydrogens is 293 g/mol. The van der Waals surface area contributed by atoms with Gasteiger partial charge in [0.05, 0.1) is 6.54 Å². The van der Waals surface area contributed by atoms with Gasteiger partial charge in [0, 0.05) is 5.56 Å². The molecule has 0 saturated carbocycles. The van der Waals surface area contributed by atoms with Crippen molar-refractivity contribution in [1.29, 1.82) is 0 Å². The van der Waals surface area contributed by atoms with E-state index in [-0.39, 0.29) is 17.1 Å². The van der Waals surface area contributed by atoms with Gasteiger partial charge in [-0.25, -0.2) is 4.39 Å². The predicted molar refractivity (Wildman–Crippen MR) is 89.4 cm³/mol. The molecule has 0 bridgehead atoms. The fourth-order valence-corrected chi connectivity index (χ4v) is 2.09. The number of carbonyl (C=O) groups excluding carboxylic acids is 1. The fraction of sp³-hybridized carbons (Fsp3) is 0.316. The average Bonchev–Trinajstić information content (AvgIpc) is 2.52. The second-order valence-electron chi connectivity index (χ2n) is 6.39. The Morgan fingerprint density at radius 2 is 1.65 bits per heavy atom. The van der Waals surface area contributed by atoms with Crippen molar-refractivity contribution in [3.8, 4) is 5.75 Å². The minimum absolute atomic E-state index is 0.0675. The second kappa shape index (κ2) is 7.27. The zero-order valence-electron chi connectivity index (χ0n) is 13.7. The molecule has 0 aliphatic heterocycles. The van der Waals surface area contributed by atoms with Crippen LogP contribution in [-0.4, -0.2) is 19.1 Å². The smallest absolute Gasteiger partial charge is 0.251 e. The highest BCUT2D eigenvalue weighted by Gasteiger charge is 2.14. The van der Waals surface area contributed by atoms with E-state index in [2.05, 4.69) is 26.1 Å².